The topological polar surface area (TPSA) is 55.3 Å². The van der Waals surface area contributed by atoms with Crippen LogP contribution in [0, 0.1) is 11.7 Å². The van der Waals surface area contributed by atoms with Gasteiger partial charge in [0.05, 0.1) is 18.9 Å². The number of aromatic nitrogens is 2. The standard InChI is InChI=1S/C17H24FN3O2/c18-14-10-19-17(20-11-14)23-15-6-3-9-21(12-15)16(22)8-7-13-4-1-2-5-13/h10-11,13,15H,1-9,12H2. The molecule has 0 bridgehead atoms. The highest BCUT2D eigenvalue weighted by Crippen LogP contribution is 2.29. The maximum absolute atomic E-state index is 12.8. The number of hydrogen-bond acceptors (Lipinski definition) is 4. The molecule has 0 aromatic carbocycles. The maximum Gasteiger partial charge on any atom is 0.316 e. The molecule has 2 aliphatic rings. The average molecular weight is 321 g/mol. The lowest BCUT2D eigenvalue weighted by Gasteiger charge is -2.32. The third kappa shape index (κ3) is 4.62. The van der Waals surface area contributed by atoms with Crippen molar-refractivity contribution in [3.63, 3.8) is 0 Å². The summed E-state index contributed by atoms with van der Waals surface area (Å²) in [5.41, 5.74) is 0. The summed E-state index contributed by atoms with van der Waals surface area (Å²) in [5.74, 6) is 0.485. The van der Waals surface area contributed by atoms with E-state index in [9.17, 15) is 9.18 Å². The molecule has 1 aliphatic carbocycles. The Morgan fingerprint density at radius 1 is 1.22 bits per heavy atom. The molecule has 0 radical (unpaired) electrons. The Hall–Kier alpha value is -1.72. The van der Waals surface area contributed by atoms with Crippen molar-refractivity contribution in [1.29, 1.82) is 0 Å². The van der Waals surface area contributed by atoms with Gasteiger partial charge >= 0.3 is 6.01 Å². The monoisotopic (exact) mass is 321 g/mol. The highest BCUT2D eigenvalue weighted by molar-refractivity contribution is 5.76. The number of ether oxygens (including phenoxy) is 1. The number of nitrogens with zero attached hydrogens (tertiary/aromatic N) is 3. The van der Waals surface area contributed by atoms with E-state index in [1.54, 1.807) is 0 Å². The summed E-state index contributed by atoms with van der Waals surface area (Å²) in [4.78, 5) is 21.9. The fraction of sp³-hybridized carbons (Fsp3) is 0.706. The molecule has 2 fully saturated rings. The Balaban J connectivity index is 1.46. The van der Waals surface area contributed by atoms with Crippen LogP contribution in [0.2, 0.25) is 0 Å². The van der Waals surface area contributed by atoms with Crippen molar-refractivity contribution in [3.05, 3.63) is 18.2 Å². The van der Waals surface area contributed by atoms with Crippen molar-refractivity contribution in [2.75, 3.05) is 13.1 Å². The second-order valence-electron chi connectivity index (χ2n) is 6.59. The van der Waals surface area contributed by atoms with Gasteiger partial charge in [-0.2, -0.15) is 0 Å². The molecule has 1 unspecified atom stereocenters. The summed E-state index contributed by atoms with van der Waals surface area (Å²) in [5, 5.41) is 0. The molecule has 1 atom stereocenters. The highest BCUT2D eigenvalue weighted by Gasteiger charge is 2.26. The Bertz CT molecular complexity index is 517. The second-order valence-corrected chi connectivity index (χ2v) is 6.59. The van der Waals surface area contributed by atoms with E-state index in [4.69, 9.17) is 4.74 Å². The molecule has 1 saturated heterocycles. The summed E-state index contributed by atoms with van der Waals surface area (Å²) in [7, 11) is 0. The minimum Gasteiger partial charge on any atom is -0.458 e. The summed E-state index contributed by atoms with van der Waals surface area (Å²) in [6, 6.07) is 0.177. The molecule has 1 amide bonds. The van der Waals surface area contributed by atoms with E-state index in [-0.39, 0.29) is 18.0 Å². The van der Waals surface area contributed by atoms with Crippen LogP contribution in [0.3, 0.4) is 0 Å². The van der Waals surface area contributed by atoms with Crippen LogP contribution < -0.4 is 4.74 Å². The molecule has 1 saturated carbocycles. The smallest absolute Gasteiger partial charge is 0.316 e. The minimum absolute atomic E-state index is 0.107. The molecule has 1 aliphatic heterocycles. The van der Waals surface area contributed by atoms with Gasteiger partial charge in [0.15, 0.2) is 5.82 Å². The molecular formula is C17H24FN3O2. The van der Waals surface area contributed by atoms with Crippen LogP contribution in [-0.2, 0) is 4.79 Å². The van der Waals surface area contributed by atoms with E-state index in [0.29, 0.717) is 13.0 Å². The highest BCUT2D eigenvalue weighted by atomic mass is 19.1. The van der Waals surface area contributed by atoms with E-state index < -0.39 is 5.82 Å². The lowest BCUT2D eigenvalue weighted by Crippen LogP contribution is -2.44. The number of carbonyl (C=O) groups is 1. The molecule has 0 spiro atoms. The number of likely N-dealkylation sites (tertiary alicyclic amines) is 1. The first-order valence-corrected chi connectivity index (χ1v) is 8.62. The summed E-state index contributed by atoms with van der Waals surface area (Å²) < 4.78 is 18.5. The largest absolute Gasteiger partial charge is 0.458 e. The van der Waals surface area contributed by atoms with Crippen molar-refractivity contribution >= 4 is 5.91 Å². The van der Waals surface area contributed by atoms with Crippen LogP contribution >= 0.6 is 0 Å². The van der Waals surface area contributed by atoms with Crippen LogP contribution in [0.5, 0.6) is 6.01 Å². The van der Waals surface area contributed by atoms with Crippen LogP contribution in [0.15, 0.2) is 12.4 Å². The lowest BCUT2D eigenvalue weighted by atomic mass is 10.0. The number of amides is 1. The van der Waals surface area contributed by atoms with E-state index in [1.165, 1.54) is 25.7 Å². The third-order valence-corrected chi connectivity index (χ3v) is 4.84. The lowest BCUT2D eigenvalue weighted by molar-refractivity contribution is -0.134. The molecule has 3 rings (SSSR count). The first-order chi connectivity index (χ1) is 11.2. The summed E-state index contributed by atoms with van der Waals surface area (Å²) in [6.07, 6.45) is 10.7. The van der Waals surface area contributed by atoms with Crippen molar-refractivity contribution in [2.24, 2.45) is 5.92 Å². The molecule has 126 valence electrons. The van der Waals surface area contributed by atoms with Crippen molar-refractivity contribution in [2.45, 2.75) is 57.5 Å². The van der Waals surface area contributed by atoms with Gasteiger partial charge in [0.2, 0.25) is 5.91 Å². The van der Waals surface area contributed by atoms with Gasteiger partial charge < -0.3 is 9.64 Å². The van der Waals surface area contributed by atoms with Crippen LogP contribution in [0.1, 0.15) is 51.4 Å². The predicted octanol–water partition coefficient (Wildman–Crippen LogP) is 2.96. The van der Waals surface area contributed by atoms with E-state index in [0.717, 1.165) is 44.1 Å². The van der Waals surface area contributed by atoms with Gasteiger partial charge in [0.1, 0.15) is 6.10 Å². The molecule has 5 nitrogen and oxygen atoms in total. The third-order valence-electron chi connectivity index (χ3n) is 4.84. The Morgan fingerprint density at radius 2 is 1.96 bits per heavy atom. The predicted molar refractivity (Wildman–Crippen MR) is 83.4 cm³/mol. The number of rotatable bonds is 5. The molecule has 2 heterocycles. The number of carbonyl (C=O) groups excluding carboxylic acids is 1. The second kappa shape index (κ2) is 7.70. The van der Waals surface area contributed by atoms with E-state index in [1.807, 2.05) is 4.90 Å². The minimum atomic E-state index is -0.482. The van der Waals surface area contributed by atoms with Gasteiger partial charge in [-0.15, -0.1) is 0 Å². The number of hydrogen-bond donors (Lipinski definition) is 0. The maximum atomic E-state index is 12.8. The van der Waals surface area contributed by atoms with Crippen molar-refractivity contribution < 1.29 is 13.9 Å². The van der Waals surface area contributed by atoms with Gasteiger partial charge in [-0.3, -0.25) is 4.79 Å². The first kappa shape index (κ1) is 16.1. The molecule has 6 heteroatoms. The van der Waals surface area contributed by atoms with Crippen molar-refractivity contribution in [3.8, 4) is 6.01 Å². The summed E-state index contributed by atoms with van der Waals surface area (Å²) in [6.45, 7) is 1.37. The van der Waals surface area contributed by atoms with Gasteiger partial charge in [-0.05, 0) is 25.2 Å². The molecule has 1 aromatic heterocycles. The Kier molecular flexibility index (Phi) is 5.41. The Morgan fingerprint density at radius 3 is 2.70 bits per heavy atom. The molecule has 0 N–H and O–H groups in total. The van der Waals surface area contributed by atoms with E-state index >= 15 is 0 Å². The zero-order chi connectivity index (χ0) is 16.1. The summed E-state index contributed by atoms with van der Waals surface area (Å²) >= 11 is 0. The normalized spacial score (nSPS) is 22.3. The number of piperidine rings is 1. The van der Waals surface area contributed by atoms with Crippen LogP contribution in [0.4, 0.5) is 4.39 Å². The molecule has 23 heavy (non-hydrogen) atoms. The number of halogens is 1. The SMILES string of the molecule is O=C(CCC1CCCC1)N1CCCC(Oc2ncc(F)cn2)C1. The van der Waals surface area contributed by atoms with E-state index in [2.05, 4.69) is 9.97 Å². The molecule has 1 aromatic rings. The quantitative estimate of drug-likeness (QED) is 0.836. The van der Waals surface area contributed by atoms with Gasteiger partial charge in [0.25, 0.3) is 0 Å². The fourth-order valence-electron chi connectivity index (χ4n) is 3.56. The van der Waals surface area contributed by atoms with Crippen LogP contribution in [-0.4, -0.2) is 40.0 Å². The average Bonchev–Trinajstić information content (AvgIpc) is 3.08. The molecular weight excluding hydrogens is 297 g/mol. The van der Waals surface area contributed by atoms with Crippen LogP contribution in [0.25, 0.3) is 0 Å². The zero-order valence-electron chi connectivity index (χ0n) is 13.4. The van der Waals surface area contributed by atoms with Gasteiger partial charge in [0, 0.05) is 13.0 Å². The zero-order valence-corrected chi connectivity index (χ0v) is 13.4. The van der Waals surface area contributed by atoms with Gasteiger partial charge in [-0.1, -0.05) is 25.7 Å². The van der Waals surface area contributed by atoms with Crippen molar-refractivity contribution in [1.82, 2.24) is 14.9 Å². The first-order valence-electron chi connectivity index (χ1n) is 8.62. The fourth-order valence-corrected chi connectivity index (χ4v) is 3.56. The van der Waals surface area contributed by atoms with Gasteiger partial charge in [-0.25, -0.2) is 14.4 Å². The Labute approximate surface area is 136 Å².